The number of carboxylic acid groups (broad SMARTS) is 1. The summed E-state index contributed by atoms with van der Waals surface area (Å²) in [5.74, 6) is -0.831. The van der Waals surface area contributed by atoms with Crippen molar-refractivity contribution in [3.8, 4) is 6.07 Å². The van der Waals surface area contributed by atoms with Gasteiger partial charge in [-0.05, 0) is 35.9 Å². The van der Waals surface area contributed by atoms with E-state index >= 15 is 0 Å². The van der Waals surface area contributed by atoms with E-state index in [9.17, 15) is 4.79 Å². The van der Waals surface area contributed by atoms with Crippen LogP contribution in [0.4, 0.5) is 0 Å². The van der Waals surface area contributed by atoms with E-state index in [0.29, 0.717) is 5.56 Å². The summed E-state index contributed by atoms with van der Waals surface area (Å²) in [6, 6.07) is 16.9. The lowest BCUT2D eigenvalue weighted by Crippen LogP contribution is -1.99. The van der Waals surface area contributed by atoms with Crippen molar-refractivity contribution in [3.05, 3.63) is 59.7 Å². The zero-order chi connectivity index (χ0) is 13.7. The van der Waals surface area contributed by atoms with Gasteiger partial charge in [-0.1, -0.05) is 30.0 Å². The van der Waals surface area contributed by atoms with Crippen molar-refractivity contribution >= 4 is 17.7 Å². The Morgan fingerprint density at radius 2 is 1.89 bits per heavy atom. The number of aliphatic carboxylic acids is 1. The molecule has 0 spiro atoms. The Bertz CT molecular complexity index is 629. The molecule has 0 saturated carbocycles. The first-order valence-corrected chi connectivity index (χ1v) is 6.48. The molecule has 19 heavy (non-hydrogen) atoms. The first-order chi connectivity index (χ1) is 9.17. The monoisotopic (exact) mass is 269 g/mol. The number of benzene rings is 2. The van der Waals surface area contributed by atoms with Gasteiger partial charge in [0.05, 0.1) is 18.1 Å². The normalized spacial score (nSPS) is 9.84. The maximum Gasteiger partial charge on any atom is 0.307 e. The maximum absolute atomic E-state index is 10.6. The minimum absolute atomic E-state index is 0.0366. The highest BCUT2D eigenvalue weighted by Crippen LogP contribution is 2.28. The predicted molar refractivity (Wildman–Crippen MR) is 73.1 cm³/mol. The first kappa shape index (κ1) is 13.2. The first-order valence-electron chi connectivity index (χ1n) is 5.66. The third-order valence-electron chi connectivity index (χ3n) is 2.48. The van der Waals surface area contributed by atoms with Crippen molar-refractivity contribution in [3.63, 3.8) is 0 Å². The van der Waals surface area contributed by atoms with Crippen molar-refractivity contribution in [2.24, 2.45) is 0 Å². The number of nitriles is 1. The third kappa shape index (κ3) is 3.87. The Hall–Kier alpha value is -2.25. The van der Waals surface area contributed by atoms with Crippen molar-refractivity contribution in [1.82, 2.24) is 0 Å². The summed E-state index contributed by atoms with van der Waals surface area (Å²) in [5, 5.41) is 17.5. The fourth-order valence-electron chi connectivity index (χ4n) is 1.62. The Labute approximate surface area is 115 Å². The zero-order valence-electron chi connectivity index (χ0n) is 10.0. The summed E-state index contributed by atoms with van der Waals surface area (Å²) in [5.41, 5.74) is 1.41. The summed E-state index contributed by atoms with van der Waals surface area (Å²) < 4.78 is 0. The number of rotatable bonds is 4. The highest BCUT2D eigenvalue weighted by molar-refractivity contribution is 7.99. The summed E-state index contributed by atoms with van der Waals surface area (Å²) in [6.07, 6.45) is 0.0366. The molecular formula is C15H11NO2S. The molecule has 1 N–H and O–H groups in total. The lowest BCUT2D eigenvalue weighted by molar-refractivity contribution is -0.136. The highest BCUT2D eigenvalue weighted by atomic mass is 32.2. The Morgan fingerprint density at radius 1 is 1.16 bits per heavy atom. The molecule has 0 unspecified atom stereocenters. The lowest BCUT2D eigenvalue weighted by Gasteiger charge is -2.03. The van der Waals surface area contributed by atoms with Crippen molar-refractivity contribution in [2.75, 3.05) is 0 Å². The van der Waals surface area contributed by atoms with Gasteiger partial charge in [-0.2, -0.15) is 5.26 Å². The van der Waals surface area contributed by atoms with Gasteiger partial charge < -0.3 is 5.11 Å². The summed E-state index contributed by atoms with van der Waals surface area (Å²) in [4.78, 5) is 12.6. The highest BCUT2D eigenvalue weighted by Gasteiger charge is 2.02. The molecule has 3 nitrogen and oxygen atoms in total. The largest absolute Gasteiger partial charge is 0.481 e. The summed E-state index contributed by atoms with van der Waals surface area (Å²) in [7, 11) is 0. The van der Waals surface area contributed by atoms with E-state index in [4.69, 9.17) is 10.4 Å². The second kappa shape index (κ2) is 6.07. The Morgan fingerprint density at radius 3 is 2.53 bits per heavy atom. The quantitative estimate of drug-likeness (QED) is 0.924. The molecule has 0 aliphatic rings. The smallest absolute Gasteiger partial charge is 0.307 e. The van der Waals surface area contributed by atoms with Crippen LogP contribution in [-0.4, -0.2) is 11.1 Å². The van der Waals surface area contributed by atoms with E-state index in [1.165, 1.54) is 0 Å². The van der Waals surface area contributed by atoms with Crippen LogP contribution >= 0.6 is 11.8 Å². The van der Waals surface area contributed by atoms with Crippen LogP contribution in [0.2, 0.25) is 0 Å². The third-order valence-corrected chi connectivity index (χ3v) is 3.48. The van der Waals surface area contributed by atoms with Gasteiger partial charge in [0.1, 0.15) is 0 Å². The van der Waals surface area contributed by atoms with Crippen molar-refractivity contribution < 1.29 is 9.90 Å². The van der Waals surface area contributed by atoms with E-state index in [1.54, 1.807) is 17.8 Å². The second-order valence-corrected chi connectivity index (χ2v) is 5.10. The minimum Gasteiger partial charge on any atom is -0.481 e. The number of carboxylic acids is 1. The van der Waals surface area contributed by atoms with Gasteiger partial charge in [-0.25, -0.2) is 0 Å². The van der Waals surface area contributed by atoms with E-state index in [1.807, 2.05) is 42.5 Å². The fourth-order valence-corrected chi connectivity index (χ4v) is 2.49. The van der Waals surface area contributed by atoms with Crippen LogP contribution in [0.5, 0.6) is 0 Å². The van der Waals surface area contributed by atoms with E-state index in [2.05, 4.69) is 6.07 Å². The van der Waals surface area contributed by atoms with Gasteiger partial charge in [0.2, 0.25) is 0 Å². The van der Waals surface area contributed by atoms with Crippen LogP contribution in [0.1, 0.15) is 11.1 Å². The van der Waals surface area contributed by atoms with Gasteiger partial charge in [0.15, 0.2) is 0 Å². The number of hydrogen-bond donors (Lipinski definition) is 1. The molecule has 0 heterocycles. The SMILES string of the molecule is N#Cc1cccc(Sc2ccc(CC(=O)O)cc2)c1. The molecule has 0 aromatic heterocycles. The fraction of sp³-hybridized carbons (Fsp3) is 0.0667. The number of nitrogens with zero attached hydrogens (tertiary/aromatic N) is 1. The molecule has 4 heteroatoms. The van der Waals surface area contributed by atoms with Crippen LogP contribution in [-0.2, 0) is 11.2 Å². The molecule has 0 bridgehead atoms. The molecule has 2 aromatic rings. The van der Waals surface area contributed by atoms with Gasteiger partial charge in [0.25, 0.3) is 0 Å². The van der Waals surface area contributed by atoms with E-state index in [0.717, 1.165) is 15.4 Å². The summed E-state index contributed by atoms with van der Waals surface area (Å²) in [6.45, 7) is 0. The van der Waals surface area contributed by atoms with Crippen LogP contribution in [0.25, 0.3) is 0 Å². The average molecular weight is 269 g/mol. The lowest BCUT2D eigenvalue weighted by atomic mass is 10.2. The topological polar surface area (TPSA) is 61.1 Å². The Balaban J connectivity index is 2.11. The van der Waals surface area contributed by atoms with Crippen LogP contribution < -0.4 is 0 Å². The predicted octanol–water partition coefficient (Wildman–Crippen LogP) is 3.34. The molecule has 2 aromatic carbocycles. The van der Waals surface area contributed by atoms with Gasteiger partial charge in [-0.3, -0.25) is 4.79 Å². The molecule has 0 fully saturated rings. The van der Waals surface area contributed by atoms with Gasteiger partial charge in [-0.15, -0.1) is 0 Å². The molecule has 94 valence electrons. The molecule has 0 aliphatic carbocycles. The minimum atomic E-state index is -0.831. The second-order valence-electron chi connectivity index (χ2n) is 3.96. The molecule has 0 saturated heterocycles. The average Bonchev–Trinajstić information content (AvgIpc) is 2.41. The van der Waals surface area contributed by atoms with E-state index in [-0.39, 0.29) is 6.42 Å². The van der Waals surface area contributed by atoms with Gasteiger partial charge in [0, 0.05) is 9.79 Å². The van der Waals surface area contributed by atoms with Crippen LogP contribution in [0.15, 0.2) is 58.3 Å². The van der Waals surface area contributed by atoms with Crippen LogP contribution in [0.3, 0.4) is 0 Å². The molecule has 2 rings (SSSR count). The molecule has 0 atom stereocenters. The number of hydrogen-bond acceptors (Lipinski definition) is 3. The summed E-state index contributed by atoms with van der Waals surface area (Å²) >= 11 is 1.55. The van der Waals surface area contributed by atoms with Crippen molar-refractivity contribution in [2.45, 2.75) is 16.2 Å². The Kier molecular flexibility index (Phi) is 4.22. The number of carbonyl (C=O) groups is 1. The molecule has 0 radical (unpaired) electrons. The van der Waals surface area contributed by atoms with Gasteiger partial charge >= 0.3 is 5.97 Å². The zero-order valence-corrected chi connectivity index (χ0v) is 10.9. The molecular weight excluding hydrogens is 258 g/mol. The molecule has 0 amide bonds. The standard InChI is InChI=1S/C15H11NO2S/c16-10-12-2-1-3-14(8-12)19-13-6-4-11(5-7-13)9-15(17)18/h1-8H,9H2,(H,17,18). The maximum atomic E-state index is 10.6. The van der Waals surface area contributed by atoms with Crippen LogP contribution in [0, 0.1) is 11.3 Å². The van der Waals surface area contributed by atoms with E-state index < -0.39 is 5.97 Å². The van der Waals surface area contributed by atoms with Crippen molar-refractivity contribution in [1.29, 1.82) is 5.26 Å². The molecule has 0 aliphatic heterocycles.